The maximum absolute atomic E-state index is 11.7. The molecule has 6 nitrogen and oxygen atoms in total. The van der Waals surface area contributed by atoms with Crippen LogP contribution in [-0.4, -0.2) is 34.6 Å². The molecule has 0 aliphatic rings. The second-order valence-electron chi connectivity index (χ2n) is 5.69. The fraction of sp³-hybridized carbons (Fsp3) is 0.833. The van der Waals surface area contributed by atoms with E-state index < -0.39 is 11.6 Å². The van der Waals surface area contributed by atoms with Crippen LogP contribution >= 0.6 is 0 Å². The molecule has 18 heavy (non-hydrogen) atoms. The Labute approximate surface area is 108 Å². The van der Waals surface area contributed by atoms with Gasteiger partial charge >= 0.3 is 6.09 Å². The molecule has 0 bridgehead atoms. The minimum atomic E-state index is -1.00. The number of carbonyl (C=O) groups excluding carboxylic acids is 1. The Morgan fingerprint density at radius 2 is 1.89 bits per heavy atom. The number of hydrogen-bond acceptors (Lipinski definition) is 3. The van der Waals surface area contributed by atoms with E-state index in [0.717, 1.165) is 0 Å². The monoisotopic (exact) mass is 259 g/mol. The first-order chi connectivity index (χ1) is 8.11. The van der Waals surface area contributed by atoms with Gasteiger partial charge in [0.25, 0.3) is 0 Å². The molecule has 0 fully saturated rings. The Balaban J connectivity index is 4.85. The summed E-state index contributed by atoms with van der Waals surface area (Å²) < 4.78 is 0. The second-order valence-corrected chi connectivity index (χ2v) is 5.69. The molecule has 6 heteroatoms. The van der Waals surface area contributed by atoms with Gasteiger partial charge in [0.2, 0.25) is 5.91 Å². The van der Waals surface area contributed by atoms with Crippen LogP contribution in [0, 0.1) is 11.8 Å². The van der Waals surface area contributed by atoms with Crippen molar-refractivity contribution in [2.24, 2.45) is 17.7 Å². The van der Waals surface area contributed by atoms with E-state index in [1.54, 1.807) is 13.8 Å². The Kier molecular flexibility index (Phi) is 6.11. The fourth-order valence-electron chi connectivity index (χ4n) is 1.97. The number of nitrogens with one attached hydrogen (secondary N) is 1. The Morgan fingerprint density at radius 3 is 2.22 bits per heavy atom. The van der Waals surface area contributed by atoms with Crippen molar-refractivity contribution in [3.63, 3.8) is 0 Å². The predicted molar refractivity (Wildman–Crippen MR) is 69.8 cm³/mol. The molecule has 0 aliphatic carbocycles. The number of nitrogens with two attached hydrogens (primary N) is 1. The van der Waals surface area contributed by atoms with Crippen molar-refractivity contribution in [2.75, 3.05) is 7.05 Å². The van der Waals surface area contributed by atoms with E-state index in [1.165, 1.54) is 11.9 Å². The lowest BCUT2D eigenvalue weighted by atomic mass is 9.84. The molecule has 0 rings (SSSR count). The van der Waals surface area contributed by atoms with Gasteiger partial charge in [-0.3, -0.25) is 10.2 Å². The number of nitrogens with zero attached hydrogens (tertiary/aromatic N) is 1. The zero-order valence-corrected chi connectivity index (χ0v) is 11.9. The third-order valence-electron chi connectivity index (χ3n) is 3.21. The standard InChI is InChI=1S/C12H25N3O3/c1-8(2)6-9(10(16)14-13)7-12(3,4)15(5)11(17)18/h8-9H,6-7,13H2,1-5H3,(H,14,16)(H,17,18)/t9-/m0/s1. The van der Waals surface area contributed by atoms with Crippen LogP contribution in [-0.2, 0) is 4.79 Å². The van der Waals surface area contributed by atoms with E-state index in [1.807, 2.05) is 13.8 Å². The predicted octanol–water partition coefficient (Wildman–Crippen LogP) is 1.42. The molecule has 4 N–H and O–H groups in total. The van der Waals surface area contributed by atoms with Gasteiger partial charge < -0.3 is 10.0 Å². The van der Waals surface area contributed by atoms with Crippen molar-refractivity contribution in [1.82, 2.24) is 10.3 Å². The first kappa shape index (κ1) is 16.7. The van der Waals surface area contributed by atoms with Gasteiger partial charge in [-0.1, -0.05) is 13.8 Å². The molecule has 0 aromatic heterocycles. The lowest BCUT2D eigenvalue weighted by Gasteiger charge is -2.36. The molecule has 0 saturated heterocycles. The third kappa shape index (κ3) is 4.91. The Morgan fingerprint density at radius 1 is 1.39 bits per heavy atom. The Bertz CT molecular complexity index is 303. The zero-order chi connectivity index (χ0) is 14.5. The summed E-state index contributed by atoms with van der Waals surface area (Å²) in [6.45, 7) is 7.64. The number of hydrazine groups is 1. The van der Waals surface area contributed by atoms with Crippen LogP contribution in [0.15, 0.2) is 0 Å². The number of carbonyl (C=O) groups is 2. The van der Waals surface area contributed by atoms with Crippen LogP contribution in [0.25, 0.3) is 0 Å². The molecule has 0 aromatic rings. The van der Waals surface area contributed by atoms with Crippen molar-refractivity contribution in [3.05, 3.63) is 0 Å². The van der Waals surface area contributed by atoms with Crippen LogP contribution in [0.2, 0.25) is 0 Å². The van der Waals surface area contributed by atoms with Crippen molar-refractivity contribution in [3.8, 4) is 0 Å². The van der Waals surface area contributed by atoms with Gasteiger partial charge in [-0.05, 0) is 32.6 Å². The second kappa shape index (κ2) is 6.58. The average Bonchev–Trinajstić information content (AvgIpc) is 2.24. The molecule has 0 heterocycles. The zero-order valence-electron chi connectivity index (χ0n) is 11.9. The summed E-state index contributed by atoms with van der Waals surface area (Å²) in [7, 11) is 1.51. The van der Waals surface area contributed by atoms with Crippen LogP contribution < -0.4 is 11.3 Å². The van der Waals surface area contributed by atoms with E-state index in [4.69, 9.17) is 10.9 Å². The van der Waals surface area contributed by atoms with Crippen LogP contribution in [0.1, 0.15) is 40.5 Å². The van der Waals surface area contributed by atoms with Gasteiger partial charge in [0.1, 0.15) is 0 Å². The van der Waals surface area contributed by atoms with Gasteiger partial charge in [0.15, 0.2) is 0 Å². The molecule has 1 atom stereocenters. The van der Waals surface area contributed by atoms with Crippen LogP contribution in [0.5, 0.6) is 0 Å². The van der Waals surface area contributed by atoms with E-state index in [-0.39, 0.29) is 11.8 Å². The highest BCUT2D eigenvalue weighted by molar-refractivity contribution is 5.78. The molecule has 106 valence electrons. The summed E-state index contributed by atoms with van der Waals surface area (Å²) in [5.74, 6) is 4.99. The molecule has 0 spiro atoms. The first-order valence-electron chi connectivity index (χ1n) is 6.09. The van der Waals surface area contributed by atoms with E-state index in [9.17, 15) is 9.59 Å². The van der Waals surface area contributed by atoms with E-state index in [2.05, 4.69) is 5.43 Å². The van der Waals surface area contributed by atoms with Gasteiger partial charge in [-0.25, -0.2) is 10.6 Å². The summed E-state index contributed by atoms with van der Waals surface area (Å²) in [5, 5.41) is 9.01. The minimum Gasteiger partial charge on any atom is -0.465 e. The normalized spacial score (nSPS) is 13.3. The molecular weight excluding hydrogens is 234 g/mol. The van der Waals surface area contributed by atoms with Crippen LogP contribution in [0.4, 0.5) is 4.79 Å². The van der Waals surface area contributed by atoms with Crippen molar-refractivity contribution in [2.45, 2.75) is 46.1 Å². The van der Waals surface area contributed by atoms with Crippen molar-refractivity contribution >= 4 is 12.0 Å². The summed E-state index contributed by atoms with van der Waals surface area (Å²) >= 11 is 0. The lowest BCUT2D eigenvalue weighted by molar-refractivity contribution is -0.126. The average molecular weight is 259 g/mol. The number of hydrogen-bond donors (Lipinski definition) is 3. The highest BCUT2D eigenvalue weighted by atomic mass is 16.4. The topological polar surface area (TPSA) is 95.7 Å². The molecule has 0 unspecified atom stereocenters. The fourth-order valence-corrected chi connectivity index (χ4v) is 1.97. The summed E-state index contributed by atoms with van der Waals surface area (Å²) in [5.41, 5.74) is 1.54. The lowest BCUT2D eigenvalue weighted by Crippen LogP contribution is -2.48. The molecule has 2 amide bonds. The summed E-state index contributed by atoms with van der Waals surface area (Å²) in [6.07, 6.45) is 0.119. The van der Waals surface area contributed by atoms with Gasteiger partial charge in [0.05, 0.1) is 0 Å². The molecule has 0 radical (unpaired) electrons. The highest BCUT2D eigenvalue weighted by Crippen LogP contribution is 2.26. The first-order valence-corrected chi connectivity index (χ1v) is 6.09. The largest absolute Gasteiger partial charge is 0.465 e. The maximum Gasteiger partial charge on any atom is 0.407 e. The highest BCUT2D eigenvalue weighted by Gasteiger charge is 2.33. The van der Waals surface area contributed by atoms with E-state index >= 15 is 0 Å². The number of rotatable bonds is 6. The molecule has 0 saturated carbocycles. The third-order valence-corrected chi connectivity index (χ3v) is 3.21. The smallest absolute Gasteiger partial charge is 0.407 e. The van der Waals surface area contributed by atoms with Gasteiger partial charge in [0, 0.05) is 18.5 Å². The Hall–Kier alpha value is -1.30. The van der Waals surface area contributed by atoms with Crippen LogP contribution in [0.3, 0.4) is 0 Å². The summed E-state index contributed by atoms with van der Waals surface area (Å²) in [6, 6.07) is 0. The summed E-state index contributed by atoms with van der Waals surface area (Å²) in [4.78, 5) is 23.9. The number of carboxylic acid groups (broad SMARTS) is 1. The number of amides is 2. The quantitative estimate of drug-likeness (QED) is 0.382. The molecule has 0 aliphatic heterocycles. The molecule has 0 aromatic carbocycles. The maximum atomic E-state index is 11.7. The van der Waals surface area contributed by atoms with Gasteiger partial charge in [-0.15, -0.1) is 0 Å². The minimum absolute atomic E-state index is 0.240. The van der Waals surface area contributed by atoms with E-state index in [0.29, 0.717) is 18.8 Å². The van der Waals surface area contributed by atoms with Gasteiger partial charge in [-0.2, -0.15) is 0 Å². The SMILES string of the molecule is CC(C)C[C@@H](CC(C)(C)N(C)C(=O)O)C(=O)NN. The molecular formula is C12H25N3O3. The van der Waals surface area contributed by atoms with Crippen molar-refractivity contribution in [1.29, 1.82) is 0 Å². The van der Waals surface area contributed by atoms with Crippen molar-refractivity contribution < 1.29 is 14.7 Å².